The third-order valence-electron chi connectivity index (χ3n) is 3.23. The molecule has 0 spiro atoms. The molecule has 0 amide bonds. The van der Waals surface area contributed by atoms with E-state index < -0.39 is 27.5 Å². The van der Waals surface area contributed by atoms with Crippen LogP contribution < -0.4 is 10.3 Å². The summed E-state index contributed by atoms with van der Waals surface area (Å²) in [5.41, 5.74) is 4.10. The molecule has 2 rings (SSSR count). The summed E-state index contributed by atoms with van der Waals surface area (Å²) in [6, 6.07) is 14.2. The molecule has 0 radical (unpaired) electrons. The van der Waals surface area contributed by atoms with Crippen LogP contribution in [-0.2, 0) is 10.0 Å². The van der Waals surface area contributed by atoms with Gasteiger partial charge in [-0.25, -0.2) is 13.8 Å². The maximum Gasteiger partial charge on any atom is 0.253 e. The van der Waals surface area contributed by atoms with Crippen molar-refractivity contribution >= 4 is 10.0 Å². The lowest BCUT2D eigenvalue weighted by Crippen LogP contribution is -2.42. The molecular weight excluding hydrogens is 318 g/mol. The molecule has 1 atom stereocenters. The minimum atomic E-state index is -3.80. The van der Waals surface area contributed by atoms with E-state index in [-0.39, 0.29) is 4.90 Å². The molecule has 0 bridgehead atoms. The lowest BCUT2D eigenvalue weighted by molar-refractivity contribution is -0.484. The molecular formula is C15H17N3O4S. The van der Waals surface area contributed by atoms with Crippen molar-refractivity contribution < 1.29 is 13.3 Å². The van der Waals surface area contributed by atoms with Crippen molar-refractivity contribution in [3.63, 3.8) is 0 Å². The first-order chi connectivity index (χ1) is 10.9. The van der Waals surface area contributed by atoms with Gasteiger partial charge in [0, 0.05) is 4.92 Å². The number of aryl methyl sites for hydroxylation is 1. The summed E-state index contributed by atoms with van der Waals surface area (Å²) < 4.78 is 24.4. The van der Waals surface area contributed by atoms with Crippen molar-refractivity contribution in [1.82, 2.24) is 10.3 Å². The van der Waals surface area contributed by atoms with Gasteiger partial charge in [-0.3, -0.25) is 10.1 Å². The van der Waals surface area contributed by atoms with Crippen LogP contribution in [0.15, 0.2) is 59.5 Å². The van der Waals surface area contributed by atoms with Gasteiger partial charge < -0.3 is 0 Å². The Balaban J connectivity index is 2.14. The Bertz CT molecular complexity index is 761. The zero-order valence-corrected chi connectivity index (χ0v) is 13.3. The minimum Gasteiger partial charge on any atom is -0.264 e. The summed E-state index contributed by atoms with van der Waals surface area (Å²) in [4.78, 5) is 12.6. The zero-order valence-electron chi connectivity index (χ0n) is 12.5. The highest BCUT2D eigenvalue weighted by atomic mass is 32.2. The summed E-state index contributed by atoms with van der Waals surface area (Å²) in [7, 11) is -3.80. The van der Waals surface area contributed by atoms with Gasteiger partial charge in [-0.15, -0.1) is 4.83 Å². The van der Waals surface area contributed by atoms with Gasteiger partial charge >= 0.3 is 0 Å². The van der Waals surface area contributed by atoms with Crippen LogP contribution >= 0.6 is 0 Å². The molecule has 0 aliphatic rings. The Labute approximate surface area is 134 Å². The number of rotatable bonds is 7. The molecule has 0 heterocycles. The fourth-order valence-electron chi connectivity index (χ4n) is 1.99. The number of hydrogen-bond donors (Lipinski definition) is 2. The normalized spacial score (nSPS) is 12.7. The molecule has 0 saturated heterocycles. The maximum atomic E-state index is 12.2. The lowest BCUT2D eigenvalue weighted by atomic mass is 10.1. The van der Waals surface area contributed by atoms with Gasteiger partial charge in [0.2, 0.25) is 6.54 Å². The Kier molecular flexibility index (Phi) is 5.43. The third kappa shape index (κ3) is 4.85. The van der Waals surface area contributed by atoms with Crippen molar-refractivity contribution in [2.24, 2.45) is 0 Å². The highest BCUT2D eigenvalue weighted by molar-refractivity contribution is 7.89. The van der Waals surface area contributed by atoms with E-state index in [1.54, 1.807) is 42.5 Å². The number of hydrazine groups is 1. The first-order valence-electron chi connectivity index (χ1n) is 6.89. The first kappa shape index (κ1) is 17.1. The van der Waals surface area contributed by atoms with Gasteiger partial charge in [-0.05, 0) is 24.6 Å². The average molecular weight is 335 g/mol. The van der Waals surface area contributed by atoms with Gasteiger partial charge in [-0.1, -0.05) is 48.0 Å². The second kappa shape index (κ2) is 7.32. The van der Waals surface area contributed by atoms with E-state index in [2.05, 4.69) is 10.3 Å². The summed E-state index contributed by atoms with van der Waals surface area (Å²) in [6.07, 6.45) is 0. The quantitative estimate of drug-likeness (QED) is 0.593. The van der Waals surface area contributed by atoms with Gasteiger partial charge in [0.25, 0.3) is 10.0 Å². The van der Waals surface area contributed by atoms with Crippen molar-refractivity contribution in [2.75, 3.05) is 6.54 Å². The average Bonchev–Trinajstić information content (AvgIpc) is 2.52. The number of sulfonamides is 1. The fourth-order valence-corrected chi connectivity index (χ4v) is 2.90. The number of benzene rings is 2. The number of hydrogen-bond acceptors (Lipinski definition) is 5. The summed E-state index contributed by atoms with van der Waals surface area (Å²) in [5.74, 6) is 0. The lowest BCUT2D eigenvalue weighted by Gasteiger charge is -2.16. The Morgan fingerprint density at radius 3 is 2.26 bits per heavy atom. The molecule has 2 N–H and O–H groups in total. The van der Waals surface area contributed by atoms with E-state index in [1.807, 2.05) is 6.92 Å². The highest BCUT2D eigenvalue weighted by Crippen LogP contribution is 2.14. The summed E-state index contributed by atoms with van der Waals surface area (Å²) >= 11 is 0. The monoisotopic (exact) mass is 335 g/mol. The maximum absolute atomic E-state index is 12.2. The largest absolute Gasteiger partial charge is 0.264 e. The molecule has 0 saturated carbocycles. The Morgan fingerprint density at radius 1 is 1.09 bits per heavy atom. The van der Waals surface area contributed by atoms with E-state index >= 15 is 0 Å². The van der Waals surface area contributed by atoms with Crippen molar-refractivity contribution in [3.8, 4) is 0 Å². The van der Waals surface area contributed by atoms with E-state index in [9.17, 15) is 18.5 Å². The van der Waals surface area contributed by atoms with Crippen LogP contribution in [0.25, 0.3) is 0 Å². The van der Waals surface area contributed by atoms with E-state index in [1.165, 1.54) is 12.1 Å². The van der Waals surface area contributed by atoms with Gasteiger partial charge in [0.1, 0.15) is 6.04 Å². The van der Waals surface area contributed by atoms with Gasteiger partial charge in [0.05, 0.1) is 4.90 Å². The highest BCUT2D eigenvalue weighted by Gasteiger charge is 2.21. The van der Waals surface area contributed by atoms with Crippen LogP contribution in [-0.4, -0.2) is 19.9 Å². The van der Waals surface area contributed by atoms with Gasteiger partial charge in [-0.2, -0.15) is 0 Å². The zero-order chi connectivity index (χ0) is 16.9. The van der Waals surface area contributed by atoms with Crippen LogP contribution in [0.1, 0.15) is 17.2 Å². The molecule has 0 unspecified atom stereocenters. The molecule has 8 heteroatoms. The summed E-state index contributed by atoms with van der Waals surface area (Å²) in [5, 5.41) is 10.8. The second-order valence-corrected chi connectivity index (χ2v) is 6.72. The van der Waals surface area contributed by atoms with Crippen molar-refractivity contribution in [3.05, 3.63) is 75.8 Å². The molecule has 122 valence electrons. The Hall–Kier alpha value is -2.29. The number of nitro groups is 1. The Morgan fingerprint density at radius 2 is 1.70 bits per heavy atom. The molecule has 0 aliphatic carbocycles. The standard InChI is InChI=1S/C15H17N3O4S/c1-12-7-9-14(10-8-12)23(21,22)17-16-15(11-18(19)20)13-5-3-2-4-6-13/h2-10,15-17H,11H2,1H3/t15-/m1/s1. The summed E-state index contributed by atoms with van der Waals surface area (Å²) in [6.45, 7) is 1.41. The molecule has 2 aromatic rings. The SMILES string of the molecule is Cc1ccc(S(=O)(=O)NN[C@H](C[N+](=O)[O-])c2ccccc2)cc1. The molecule has 23 heavy (non-hydrogen) atoms. The van der Waals surface area contributed by atoms with Crippen LogP contribution in [0.4, 0.5) is 0 Å². The van der Waals surface area contributed by atoms with Gasteiger partial charge in [0.15, 0.2) is 0 Å². The van der Waals surface area contributed by atoms with Crippen molar-refractivity contribution in [2.45, 2.75) is 17.9 Å². The molecule has 0 aromatic heterocycles. The first-order valence-corrected chi connectivity index (χ1v) is 8.37. The number of nitrogens with one attached hydrogen (secondary N) is 2. The predicted octanol–water partition coefficient (Wildman–Crippen LogP) is 1.80. The fraction of sp³-hybridized carbons (Fsp3) is 0.200. The molecule has 0 aliphatic heterocycles. The molecule has 2 aromatic carbocycles. The number of nitrogens with zero attached hydrogens (tertiary/aromatic N) is 1. The van der Waals surface area contributed by atoms with Crippen LogP contribution in [0.2, 0.25) is 0 Å². The third-order valence-corrected chi connectivity index (χ3v) is 4.51. The topological polar surface area (TPSA) is 101 Å². The van der Waals surface area contributed by atoms with E-state index in [0.717, 1.165) is 5.56 Å². The van der Waals surface area contributed by atoms with Crippen LogP contribution in [0, 0.1) is 17.0 Å². The molecule has 0 fully saturated rings. The van der Waals surface area contributed by atoms with Crippen LogP contribution in [0.3, 0.4) is 0 Å². The van der Waals surface area contributed by atoms with Crippen molar-refractivity contribution in [1.29, 1.82) is 0 Å². The second-order valence-electron chi connectivity index (χ2n) is 5.04. The smallest absolute Gasteiger partial charge is 0.253 e. The van der Waals surface area contributed by atoms with Crippen LogP contribution in [0.5, 0.6) is 0 Å². The minimum absolute atomic E-state index is 0.0866. The van der Waals surface area contributed by atoms with E-state index in [4.69, 9.17) is 0 Å². The molecule has 7 nitrogen and oxygen atoms in total. The van der Waals surface area contributed by atoms with E-state index in [0.29, 0.717) is 5.56 Å². The predicted molar refractivity (Wildman–Crippen MR) is 85.7 cm³/mol.